The smallest absolute Gasteiger partial charge is 0.414 e. The number of hydrogen-bond donors (Lipinski definition) is 2. The molecular formula is C20H30N2O5. The highest BCUT2D eigenvalue weighted by molar-refractivity contribution is 6.27. The van der Waals surface area contributed by atoms with Gasteiger partial charge in [0, 0.05) is 32.6 Å². The van der Waals surface area contributed by atoms with Gasteiger partial charge in [0.2, 0.25) is 5.91 Å². The fraction of sp³-hybridized carbons (Fsp3) is 0.550. The number of amides is 1. The number of benzene rings is 1. The minimum atomic E-state index is -1.82. The van der Waals surface area contributed by atoms with Crippen molar-refractivity contribution in [3.63, 3.8) is 0 Å². The summed E-state index contributed by atoms with van der Waals surface area (Å²) in [4.78, 5) is 34.7. The largest absolute Gasteiger partial charge is 0.473 e. The van der Waals surface area contributed by atoms with Gasteiger partial charge in [-0.15, -0.1) is 0 Å². The lowest BCUT2D eigenvalue weighted by atomic mass is 10.1. The molecule has 0 aromatic heterocycles. The molecule has 2 N–H and O–H groups in total. The molecule has 7 nitrogen and oxygen atoms in total. The SMILES string of the molecule is CC(C)CC(=O)N1CCN(CCCc2ccccc2)CC1.O=C(O)C(=O)O. The van der Waals surface area contributed by atoms with Crippen molar-refractivity contribution in [3.05, 3.63) is 35.9 Å². The Bertz CT molecular complexity index is 584. The molecule has 1 amide bonds. The molecule has 0 saturated carbocycles. The van der Waals surface area contributed by atoms with Crippen molar-refractivity contribution in [1.82, 2.24) is 9.80 Å². The summed E-state index contributed by atoms with van der Waals surface area (Å²) in [5.41, 5.74) is 1.42. The molecule has 0 unspecified atom stereocenters. The molecule has 2 rings (SSSR count). The van der Waals surface area contributed by atoms with Gasteiger partial charge in [-0.3, -0.25) is 9.69 Å². The van der Waals surface area contributed by atoms with Crippen molar-refractivity contribution in [2.75, 3.05) is 32.7 Å². The van der Waals surface area contributed by atoms with Crippen molar-refractivity contribution in [1.29, 1.82) is 0 Å². The van der Waals surface area contributed by atoms with Crippen LogP contribution in [0.2, 0.25) is 0 Å². The van der Waals surface area contributed by atoms with Crippen LogP contribution in [0.25, 0.3) is 0 Å². The molecule has 1 saturated heterocycles. The average molecular weight is 378 g/mol. The standard InChI is InChI=1S/C18H28N2O.C2H2O4/c1-16(2)15-18(21)20-13-11-19(12-14-20)10-6-9-17-7-4-3-5-8-17;3-1(4)2(5)6/h3-5,7-8,16H,6,9-15H2,1-2H3;(H,3,4)(H,5,6). The Labute approximate surface area is 160 Å². The molecule has 0 aliphatic carbocycles. The van der Waals surface area contributed by atoms with E-state index < -0.39 is 11.9 Å². The molecule has 1 aromatic carbocycles. The van der Waals surface area contributed by atoms with E-state index in [1.807, 2.05) is 4.90 Å². The second-order valence-electron chi connectivity index (χ2n) is 7.02. The first-order valence-electron chi connectivity index (χ1n) is 9.30. The third-order valence-electron chi connectivity index (χ3n) is 4.27. The third-order valence-corrected chi connectivity index (χ3v) is 4.27. The number of carbonyl (C=O) groups is 3. The highest BCUT2D eigenvalue weighted by Gasteiger charge is 2.20. The Morgan fingerprint density at radius 1 is 0.963 bits per heavy atom. The molecule has 0 bridgehead atoms. The molecule has 0 radical (unpaired) electrons. The van der Waals surface area contributed by atoms with Crippen LogP contribution < -0.4 is 0 Å². The van der Waals surface area contributed by atoms with Gasteiger partial charge in [-0.1, -0.05) is 44.2 Å². The number of aliphatic carboxylic acids is 2. The van der Waals surface area contributed by atoms with Crippen LogP contribution >= 0.6 is 0 Å². The molecule has 0 atom stereocenters. The van der Waals surface area contributed by atoms with Crippen LogP contribution in [0, 0.1) is 5.92 Å². The number of rotatable bonds is 6. The quantitative estimate of drug-likeness (QED) is 0.735. The lowest BCUT2D eigenvalue weighted by Crippen LogP contribution is -2.49. The third kappa shape index (κ3) is 9.75. The van der Waals surface area contributed by atoms with Crippen molar-refractivity contribution in [2.45, 2.75) is 33.1 Å². The Kier molecular flexibility index (Phi) is 10.1. The minimum absolute atomic E-state index is 0.328. The summed E-state index contributed by atoms with van der Waals surface area (Å²) in [7, 11) is 0. The number of carboxylic acids is 2. The lowest BCUT2D eigenvalue weighted by Gasteiger charge is -2.35. The van der Waals surface area contributed by atoms with E-state index in [0.717, 1.165) is 39.1 Å². The predicted octanol–water partition coefficient (Wildman–Crippen LogP) is 1.97. The Balaban J connectivity index is 0.000000527. The molecule has 0 spiro atoms. The fourth-order valence-electron chi connectivity index (χ4n) is 2.85. The Morgan fingerprint density at radius 2 is 1.52 bits per heavy atom. The van der Waals surface area contributed by atoms with Gasteiger partial charge in [0.15, 0.2) is 0 Å². The Hall–Kier alpha value is -2.41. The van der Waals surface area contributed by atoms with Crippen molar-refractivity contribution in [2.24, 2.45) is 5.92 Å². The summed E-state index contributed by atoms with van der Waals surface area (Å²) in [5, 5.41) is 14.8. The zero-order valence-corrected chi connectivity index (χ0v) is 16.1. The van der Waals surface area contributed by atoms with Gasteiger partial charge in [-0.05, 0) is 30.9 Å². The van der Waals surface area contributed by atoms with Gasteiger partial charge in [0.25, 0.3) is 0 Å². The molecule has 1 aromatic rings. The molecule has 150 valence electrons. The zero-order valence-electron chi connectivity index (χ0n) is 16.1. The predicted molar refractivity (Wildman–Crippen MR) is 103 cm³/mol. The fourth-order valence-corrected chi connectivity index (χ4v) is 2.85. The lowest BCUT2D eigenvalue weighted by molar-refractivity contribution is -0.159. The first kappa shape index (κ1) is 22.6. The van der Waals surface area contributed by atoms with Gasteiger partial charge in [0.05, 0.1) is 0 Å². The van der Waals surface area contributed by atoms with Gasteiger partial charge >= 0.3 is 11.9 Å². The second-order valence-corrected chi connectivity index (χ2v) is 7.02. The number of nitrogens with zero attached hydrogens (tertiary/aromatic N) is 2. The molecule has 27 heavy (non-hydrogen) atoms. The van der Waals surface area contributed by atoms with E-state index in [9.17, 15) is 4.79 Å². The summed E-state index contributed by atoms with van der Waals surface area (Å²) >= 11 is 0. The van der Waals surface area contributed by atoms with Gasteiger partial charge in [0.1, 0.15) is 0 Å². The van der Waals surface area contributed by atoms with E-state index >= 15 is 0 Å². The first-order valence-corrected chi connectivity index (χ1v) is 9.30. The monoisotopic (exact) mass is 378 g/mol. The molecule has 1 heterocycles. The summed E-state index contributed by atoms with van der Waals surface area (Å²) in [6.07, 6.45) is 3.03. The Morgan fingerprint density at radius 3 is 2.00 bits per heavy atom. The number of aryl methyl sites for hydroxylation is 1. The van der Waals surface area contributed by atoms with E-state index in [1.54, 1.807) is 0 Å². The summed E-state index contributed by atoms with van der Waals surface area (Å²) in [5.74, 6) is -2.86. The van der Waals surface area contributed by atoms with Crippen LogP contribution in [0.3, 0.4) is 0 Å². The van der Waals surface area contributed by atoms with Crippen LogP contribution in [0.1, 0.15) is 32.3 Å². The topological polar surface area (TPSA) is 98.2 Å². The van der Waals surface area contributed by atoms with Crippen molar-refractivity contribution in [3.8, 4) is 0 Å². The maximum Gasteiger partial charge on any atom is 0.414 e. The first-order chi connectivity index (χ1) is 12.8. The summed E-state index contributed by atoms with van der Waals surface area (Å²) < 4.78 is 0. The highest BCUT2D eigenvalue weighted by atomic mass is 16.4. The van der Waals surface area contributed by atoms with Crippen molar-refractivity contribution < 1.29 is 24.6 Å². The molecule has 1 aliphatic heterocycles. The number of piperazine rings is 1. The second kappa shape index (κ2) is 12.1. The van der Waals surface area contributed by atoms with E-state index in [1.165, 1.54) is 12.0 Å². The van der Waals surface area contributed by atoms with E-state index in [4.69, 9.17) is 19.8 Å². The molecule has 7 heteroatoms. The van der Waals surface area contributed by atoms with Crippen molar-refractivity contribution >= 4 is 17.8 Å². The van der Waals surface area contributed by atoms with Gasteiger partial charge in [-0.2, -0.15) is 0 Å². The summed E-state index contributed by atoms with van der Waals surface area (Å²) in [6, 6.07) is 10.7. The normalized spacial score (nSPS) is 14.4. The number of hydrogen-bond acceptors (Lipinski definition) is 4. The molecule has 1 aliphatic rings. The van der Waals surface area contributed by atoms with Gasteiger partial charge < -0.3 is 15.1 Å². The van der Waals surface area contributed by atoms with E-state index in [-0.39, 0.29) is 0 Å². The van der Waals surface area contributed by atoms with Crippen LogP contribution in [-0.4, -0.2) is 70.6 Å². The van der Waals surface area contributed by atoms with E-state index in [0.29, 0.717) is 18.2 Å². The van der Waals surface area contributed by atoms with Crippen LogP contribution in [0.15, 0.2) is 30.3 Å². The minimum Gasteiger partial charge on any atom is -0.473 e. The summed E-state index contributed by atoms with van der Waals surface area (Å²) in [6.45, 7) is 9.21. The van der Waals surface area contributed by atoms with Crippen LogP contribution in [0.4, 0.5) is 0 Å². The number of carbonyl (C=O) groups excluding carboxylic acids is 1. The highest BCUT2D eigenvalue weighted by Crippen LogP contribution is 2.09. The number of carboxylic acid groups (broad SMARTS) is 2. The van der Waals surface area contributed by atoms with Crippen LogP contribution in [0.5, 0.6) is 0 Å². The van der Waals surface area contributed by atoms with Crippen LogP contribution in [-0.2, 0) is 20.8 Å². The zero-order chi connectivity index (χ0) is 20.2. The molecular weight excluding hydrogens is 348 g/mol. The van der Waals surface area contributed by atoms with E-state index in [2.05, 4.69) is 49.1 Å². The maximum atomic E-state index is 12.0. The average Bonchev–Trinajstić information content (AvgIpc) is 2.63. The maximum absolute atomic E-state index is 12.0. The molecule has 1 fully saturated rings. The van der Waals surface area contributed by atoms with Gasteiger partial charge in [-0.25, -0.2) is 9.59 Å².